The van der Waals surface area contributed by atoms with Crippen molar-refractivity contribution in [2.75, 3.05) is 0 Å². The van der Waals surface area contributed by atoms with Crippen molar-refractivity contribution in [3.63, 3.8) is 0 Å². The van der Waals surface area contributed by atoms with Crippen LogP contribution in [0.3, 0.4) is 0 Å². The quantitative estimate of drug-likeness (QED) is 0.160. The fraction of sp³-hybridized carbons (Fsp3) is 0.0492. The molecule has 0 aliphatic heterocycles. The van der Waals surface area contributed by atoms with Crippen LogP contribution in [-0.2, 0) is 5.41 Å². The Labute approximate surface area is 373 Å². The fourth-order valence-corrected chi connectivity index (χ4v) is 9.92. The highest BCUT2D eigenvalue weighted by Crippen LogP contribution is 2.49. The monoisotopic (exact) mass is 817 g/mol. The molecule has 0 N–H and O–H groups in total. The highest BCUT2D eigenvalue weighted by molar-refractivity contribution is 6.10. The van der Waals surface area contributed by atoms with Gasteiger partial charge in [-0.2, -0.15) is 0 Å². The Morgan fingerprint density at radius 1 is 0.328 bits per heavy atom. The Balaban J connectivity index is 0.904. The summed E-state index contributed by atoms with van der Waals surface area (Å²) >= 11 is 0. The molecule has 0 bridgehead atoms. The molecule has 2 aromatic heterocycles. The number of aromatic nitrogens is 3. The number of hydrogen-bond acceptors (Lipinski definition) is 2. The molecule has 1 aliphatic rings. The fourth-order valence-electron chi connectivity index (χ4n) is 9.92. The molecular weight excluding hydrogens is 775 g/mol. The van der Waals surface area contributed by atoms with Crippen molar-refractivity contribution < 1.29 is 0 Å². The third-order valence-electron chi connectivity index (χ3n) is 13.2. The first-order valence-corrected chi connectivity index (χ1v) is 22.1. The summed E-state index contributed by atoms with van der Waals surface area (Å²) in [6.45, 7) is 4.69. The number of hydrogen-bond donors (Lipinski definition) is 0. The molecule has 9 aromatic carbocycles. The normalized spacial score (nSPS) is 12.7. The maximum absolute atomic E-state index is 5.16. The van der Waals surface area contributed by atoms with E-state index in [9.17, 15) is 0 Å². The minimum absolute atomic E-state index is 0.0265. The van der Waals surface area contributed by atoms with Gasteiger partial charge in [-0.3, -0.25) is 0 Å². The lowest BCUT2D eigenvalue weighted by molar-refractivity contribution is 0.660. The smallest absolute Gasteiger partial charge is 0.160 e. The Bertz CT molecular complexity index is 3500. The first-order chi connectivity index (χ1) is 31.5. The van der Waals surface area contributed by atoms with Crippen LogP contribution in [0.1, 0.15) is 25.0 Å². The van der Waals surface area contributed by atoms with Crippen LogP contribution in [0.4, 0.5) is 0 Å². The van der Waals surface area contributed by atoms with Crippen LogP contribution in [0.5, 0.6) is 0 Å². The zero-order chi connectivity index (χ0) is 42.8. The van der Waals surface area contributed by atoms with Gasteiger partial charge in [0.15, 0.2) is 5.82 Å². The van der Waals surface area contributed by atoms with Gasteiger partial charge in [0, 0.05) is 38.6 Å². The van der Waals surface area contributed by atoms with E-state index in [1.165, 1.54) is 66.4 Å². The van der Waals surface area contributed by atoms with Crippen molar-refractivity contribution in [1.29, 1.82) is 0 Å². The highest BCUT2D eigenvalue weighted by Gasteiger charge is 2.35. The predicted octanol–water partition coefficient (Wildman–Crippen LogP) is 15.9. The summed E-state index contributed by atoms with van der Waals surface area (Å²) in [5, 5.41) is 2.43. The van der Waals surface area contributed by atoms with Crippen molar-refractivity contribution in [1.82, 2.24) is 14.5 Å². The molecule has 0 amide bonds. The summed E-state index contributed by atoms with van der Waals surface area (Å²) in [4.78, 5) is 10.3. The number of rotatable bonds is 7. The Morgan fingerprint density at radius 2 is 0.844 bits per heavy atom. The van der Waals surface area contributed by atoms with E-state index in [4.69, 9.17) is 9.97 Å². The molecule has 0 saturated heterocycles. The summed E-state index contributed by atoms with van der Waals surface area (Å²) in [5.74, 6) is 0.690. The molecule has 302 valence electrons. The molecule has 0 spiro atoms. The van der Waals surface area contributed by atoms with E-state index >= 15 is 0 Å². The first kappa shape index (κ1) is 37.6. The minimum atomic E-state index is -0.0265. The highest BCUT2D eigenvalue weighted by atomic mass is 15.0. The lowest BCUT2D eigenvalue weighted by atomic mass is 9.81. The van der Waals surface area contributed by atoms with E-state index in [0.29, 0.717) is 5.82 Å². The lowest BCUT2D eigenvalue weighted by Gasteiger charge is -2.22. The summed E-state index contributed by atoms with van der Waals surface area (Å²) in [6.07, 6.45) is 0. The minimum Gasteiger partial charge on any atom is -0.309 e. The van der Waals surface area contributed by atoms with Gasteiger partial charge >= 0.3 is 0 Å². The molecule has 0 saturated carbocycles. The van der Waals surface area contributed by atoms with Gasteiger partial charge in [0.2, 0.25) is 0 Å². The van der Waals surface area contributed by atoms with Gasteiger partial charge < -0.3 is 4.57 Å². The van der Waals surface area contributed by atoms with Crippen LogP contribution >= 0.6 is 0 Å². The van der Waals surface area contributed by atoms with E-state index in [1.54, 1.807) is 0 Å². The van der Waals surface area contributed by atoms with Crippen LogP contribution in [0.25, 0.3) is 106 Å². The topological polar surface area (TPSA) is 30.7 Å². The second-order valence-electron chi connectivity index (χ2n) is 17.4. The van der Waals surface area contributed by atoms with Crippen molar-refractivity contribution in [3.05, 3.63) is 236 Å². The average Bonchev–Trinajstić information content (AvgIpc) is 3.82. The molecule has 0 fully saturated rings. The van der Waals surface area contributed by atoms with Gasteiger partial charge in [-0.05, 0) is 98.1 Å². The van der Waals surface area contributed by atoms with E-state index < -0.39 is 0 Å². The van der Waals surface area contributed by atoms with Crippen LogP contribution in [0, 0.1) is 0 Å². The average molecular weight is 818 g/mol. The van der Waals surface area contributed by atoms with Gasteiger partial charge in [0.25, 0.3) is 0 Å². The Morgan fingerprint density at radius 3 is 1.58 bits per heavy atom. The molecule has 0 radical (unpaired) electrons. The molecule has 3 nitrogen and oxygen atoms in total. The van der Waals surface area contributed by atoms with Crippen LogP contribution in [-0.4, -0.2) is 14.5 Å². The third-order valence-corrected chi connectivity index (χ3v) is 13.2. The second kappa shape index (κ2) is 15.0. The van der Waals surface area contributed by atoms with Crippen LogP contribution in [0.15, 0.2) is 224 Å². The summed E-state index contributed by atoms with van der Waals surface area (Å²) < 4.78 is 2.39. The lowest BCUT2D eigenvalue weighted by Crippen LogP contribution is -2.14. The molecule has 1 aliphatic carbocycles. The second-order valence-corrected chi connectivity index (χ2v) is 17.4. The molecule has 0 unspecified atom stereocenters. The van der Waals surface area contributed by atoms with Gasteiger partial charge in [-0.25, -0.2) is 9.97 Å². The summed E-state index contributed by atoms with van der Waals surface area (Å²) in [6, 6.07) is 80.8. The summed E-state index contributed by atoms with van der Waals surface area (Å²) in [7, 11) is 0. The van der Waals surface area contributed by atoms with Crippen molar-refractivity contribution in [3.8, 4) is 84.1 Å². The SMILES string of the molecule is CC1(C)c2ccccc2-c2ccc(-c3ccc(-c4cccc(-c5ccc6c7ccccc7n(-c7cccc(-c8nc(-c9ccccc9)cc(-c9ccccc9)n8)c7)c6c5)c4)cc3)cc21. The summed E-state index contributed by atoms with van der Waals surface area (Å²) in [5.41, 5.74) is 20.9. The van der Waals surface area contributed by atoms with Gasteiger partial charge in [0.05, 0.1) is 22.4 Å². The standard InChI is InChI=1S/C61H43N3/c1-61(2)54-25-11-9-23-50(54)51-33-31-46(37-55(51)61)41-29-27-40(28-30-41)44-19-13-20-45(35-44)47-32-34-53-52-24-10-12-26-58(52)64(59(53)38-47)49-22-14-21-48(36-49)60-62-56(42-15-5-3-6-16-42)39-57(63-60)43-17-7-4-8-18-43/h3-39H,1-2H3. The number of nitrogens with zero attached hydrogens (tertiary/aromatic N) is 3. The molecule has 3 heteroatoms. The zero-order valence-electron chi connectivity index (χ0n) is 35.7. The van der Waals surface area contributed by atoms with Crippen molar-refractivity contribution in [2.24, 2.45) is 0 Å². The molecule has 12 rings (SSSR count). The van der Waals surface area contributed by atoms with Gasteiger partial charge in [-0.1, -0.05) is 196 Å². The third kappa shape index (κ3) is 6.36. The van der Waals surface area contributed by atoms with E-state index in [2.05, 4.69) is 231 Å². The predicted molar refractivity (Wildman–Crippen MR) is 267 cm³/mol. The van der Waals surface area contributed by atoms with Gasteiger partial charge in [-0.15, -0.1) is 0 Å². The number of para-hydroxylation sites is 1. The first-order valence-electron chi connectivity index (χ1n) is 22.1. The van der Waals surface area contributed by atoms with E-state index in [1.807, 2.05) is 12.1 Å². The van der Waals surface area contributed by atoms with E-state index in [-0.39, 0.29) is 5.41 Å². The maximum Gasteiger partial charge on any atom is 0.160 e. The number of fused-ring (bicyclic) bond motifs is 6. The van der Waals surface area contributed by atoms with Crippen LogP contribution in [0.2, 0.25) is 0 Å². The molecule has 0 atom stereocenters. The van der Waals surface area contributed by atoms with E-state index in [0.717, 1.165) is 44.8 Å². The number of benzene rings is 9. The van der Waals surface area contributed by atoms with Gasteiger partial charge in [0.1, 0.15) is 0 Å². The van der Waals surface area contributed by atoms with Crippen LogP contribution < -0.4 is 0 Å². The van der Waals surface area contributed by atoms with Crippen molar-refractivity contribution in [2.45, 2.75) is 19.3 Å². The molecular formula is C61H43N3. The molecule has 2 heterocycles. The molecule has 64 heavy (non-hydrogen) atoms. The Hall–Kier alpha value is -8.14. The largest absolute Gasteiger partial charge is 0.309 e. The maximum atomic E-state index is 5.16. The zero-order valence-corrected chi connectivity index (χ0v) is 35.7. The van der Waals surface area contributed by atoms with Crippen molar-refractivity contribution >= 4 is 21.8 Å². The Kier molecular flexibility index (Phi) is 8.84. The molecule has 11 aromatic rings.